The van der Waals surface area contributed by atoms with Gasteiger partial charge < -0.3 is 4.90 Å². The van der Waals surface area contributed by atoms with E-state index in [1.807, 2.05) is 11.3 Å². The van der Waals surface area contributed by atoms with Gasteiger partial charge in [0.1, 0.15) is 0 Å². The molecular weight excluding hydrogens is 707 g/mol. The number of fused-ring (bicyclic) bond motifs is 7. The van der Waals surface area contributed by atoms with E-state index in [2.05, 4.69) is 219 Å². The average molecular weight is 746 g/mol. The van der Waals surface area contributed by atoms with Crippen LogP contribution in [0.2, 0.25) is 0 Å². The molecule has 11 rings (SSSR count). The van der Waals surface area contributed by atoms with Crippen molar-refractivity contribution in [2.45, 2.75) is 19.3 Å². The number of nitrogens with zero attached hydrogens (tertiary/aromatic N) is 1. The number of benzene rings is 9. The molecule has 0 radical (unpaired) electrons. The number of rotatable bonds is 6. The molecule has 0 saturated carbocycles. The summed E-state index contributed by atoms with van der Waals surface area (Å²) in [5.74, 6) is 0. The minimum absolute atomic E-state index is 0.0855. The highest BCUT2D eigenvalue weighted by Gasteiger charge is 2.37. The minimum atomic E-state index is -0.0855. The summed E-state index contributed by atoms with van der Waals surface area (Å²) in [6, 6.07) is 73.8. The van der Waals surface area contributed by atoms with Crippen molar-refractivity contribution in [3.8, 4) is 44.5 Å². The van der Waals surface area contributed by atoms with Crippen molar-refractivity contribution < 1.29 is 0 Å². The van der Waals surface area contributed by atoms with Crippen LogP contribution in [0.25, 0.3) is 75.5 Å². The quantitative estimate of drug-likeness (QED) is 0.164. The van der Waals surface area contributed by atoms with Crippen molar-refractivity contribution in [1.29, 1.82) is 0 Å². The van der Waals surface area contributed by atoms with Gasteiger partial charge in [0, 0.05) is 42.6 Å². The molecule has 1 heterocycles. The first-order valence-corrected chi connectivity index (χ1v) is 20.6. The second kappa shape index (κ2) is 13.2. The SMILES string of the molecule is CC1(C)c2ccccc2-c2cccc(-c3ccc(N(c4ccc(-c5cccc6sc7ccccc7c56)cc4)c4cccc(-c5ccc6ccccc6c5)c4)cc3)c21. The van der Waals surface area contributed by atoms with E-state index >= 15 is 0 Å². The topological polar surface area (TPSA) is 3.24 Å². The average Bonchev–Trinajstić information content (AvgIpc) is 3.76. The molecule has 0 saturated heterocycles. The number of hydrogen-bond donors (Lipinski definition) is 0. The van der Waals surface area contributed by atoms with Crippen LogP contribution in [0.15, 0.2) is 200 Å². The van der Waals surface area contributed by atoms with E-state index in [1.165, 1.54) is 86.6 Å². The third kappa shape index (κ3) is 5.51. The van der Waals surface area contributed by atoms with Gasteiger partial charge in [-0.1, -0.05) is 159 Å². The summed E-state index contributed by atoms with van der Waals surface area (Å²) in [4.78, 5) is 2.40. The number of thiophene rings is 1. The molecule has 0 unspecified atom stereocenters. The van der Waals surface area contributed by atoms with Gasteiger partial charge in [0.15, 0.2) is 0 Å². The Hall–Kier alpha value is -6.74. The molecule has 0 fully saturated rings. The van der Waals surface area contributed by atoms with E-state index in [9.17, 15) is 0 Å². The first-order chi connectivity index (χ1) is 28.0. The van der Waals surface area contributed by atoms with E-state index in [4.69, 9.17) is 0 Å². The highest BCUT2D eigenvalue weighted by Crippen LogP contribution is 2.52. The van der Waals surface area contributed by atoms with Crippen molar-refractivity contribution in [2.75, 3.05) is 4.90 Å². The zero-order valence-corrected chi connectivity index (χ0v) is 32.7. The van der Waals surface area contributed by atoms with Crippen LogP contribution in [0, 0.1) is 0 Å². The van der Waals surface area contributed by atoms with Gasteiger partial charge in [0.25, 0.3) is 0 Å². The first-order valence-electron chi connectivity index (χ1n) is 19.8. The summed E-state index contributed by atoms with van der Waals surface area (Å²) in [5, 5.41) is 5.15. The van der Waals surface area contributed by atoms with Gasteiger partial charge in [-0.2, -0.15) is 0 Å². The Morgan fingerprint density at radius 1 is 0.386 bits per heavy atom. The molecule has 9 aromatic carbocycles. The van der Waals surface area contributed by atoms with Crippen molar-refractivity contribution in [1.82, 2.24) is 0 Å². The Morgan fingerprint density at radius 2 is 0.965 bits per heavy atom. The Bertz CT molecular complexity index is 3150. The highest BCUT2D eigenvalue weighted by molar-refractivity contribution is 7.25. The molecule has 1 aromatic heterocycles. The lowest BCUT2D eigenvalue weighted by molar-refractivity contribution is 0.662. The minimum Gasteiger partial charge on any atom is -0.310 e. The molecule has 57 heavy (non-hydrogen) atoms. The molecule has 0 bridgehead atoms. The second-order valence-electron chi connectivity index (χ2n) is 15.7. The Labute approximate surface area is 337 Å². The third-order valence-corrected chi connectivity index (χ3v) is 13.2. The summed E-state index contributed by atoms with van der Waals surface area (Å²) < 4.78 is 2.65. The molecule has 0 atom stereocenters. The van der Waals surface area contributed by atoms with Gasteiger partial charge >= 0.3 is 0 Å². The second-order valence-corrected chi connectivity index (χ2v) is 16.8. The fourth-order valence-corrected chi connectivity index (χ4v) is 10.5. The van der Waals surface area contributed by atoms with Crippen LogP contribution in [-0.4, -0.2) is 0 Å². The van der Waals surface area contributed by atoms with Crippen LogP contribution in [-0.2, 0) is 5.41 Å². The van der Waals surface area contributed by atoms with E-state index in [0.29, 0.717) is 0 Å². The van der Waals surface area contributed by atoms with Gasteiger partial charge in [0.2, 0.25) is 0 Å². The molecule has 1 aliphatic carbocycles. The lowest BCUT2D eigenvalue weighted by Crippen LogP contribution is -2.16. The van der Waals surface area contributed by atoms with Gasteiger partial charge in [-0.25, -0.2) is 0 Å². The van der Waals surface area contributed by atoms with Crippen LogP contribution in [0.3, 0.4) is 0 Å². The highest BCUT2D eigenvalue weighted by atomic mass is 32.1. The molecule has 2 heteroatoms. The standard InChI is InChI=1S/C55H39NS/c1-55(2)50-21-7-5-16-47(50)48-20-10-19-46(54(48)55)38-28-32-43(33-29-38)56(44-15-9-14-40(35-44)41-25-24-36-12-3-4-13-39(36)34-41)42-30-26-37(27-31-42)45-18-11-23-52-53(45)49-17-6-8-22-51(49)57-52/h3-35H,1-2H3. The molecule has 0 N–H and O–H groups in total. The number of anilines is 3. The summed E-state index contributed by atoms with van der Waals surface area (Å²) in [6.07, 6.45) is 0. The maximum Gasteiger partial charge on any atom is 0.0467 e. The molecule has 0 amide bonds. The predicted molar refractivity (Wildman–Crippen MR) is 245 cm³/mol. The van der Waals surface area contributed by atoms with Crippen LogP contribution in [0.4, 0.5) is 17.1 Å². The fourth-order valence-electron chi connectivity index (χ4n) is 9.32. The van der Waals surface area contributed by atoms with Crippen molar-refractivity contribution >= 4 is 59.3 Å². The van der Waals surface area contributed by atoms with Gasteiger partial charge in [-0.3, -0.25) is 0 Å². The largest absolute Gasteiger partial charge is 0.310 e. The lowest BCUT2D eigenvalue weighted by atomic mass is 9.79. The molecule has 0 aliphatic heterocycles. The van der Waals surface area contributed by atoms with Gasteiger partial charge in [-0.15, -0.1) is 11.3 Å². The van der Waals surface area contributed by atoms with Gasteiger partial charge in [0.05, 0.1) is 0 Å². The monoisotopic (exact) mass is 745 g/mol. The predicted octanol–water partition coefficient (Wildman–Crippen LogP) is 16.0. The zero-order chi connectivity index (χ0) is 38.1. The van der Waals surface area contributed by atoms with Crippen molar-refractivity contribution in [3.63, 3.8) is 0 Å². The van der Waals surface area contributed by atoms with Crippen LogP contribution in [0.1, 0.15) is 25.0 Å². The summed E-state index contributed by atoms with van der Waals surface area (Å²) in [6.45, 7) is 4.73. The number of hydrogen-bond acceptors (Lipinski definition) is 2. The molecule has 1 aliphatic rings. The normalized spacial score (nSPS) is 12.9. The summed E-state index contributed by atoms with van der Waals surface area (Å²) in [5.41, 5.74) is 16.2. The Balaban J connectivity index is 1.02. The van der Waals surface area contributed by atoms with Gasteiger partial charge in [-0.05, 0) is 121 Å². The van der Waals surface area contributed by atoms with E-state index in [0.717, 1.165) is 17.1 Å². The maximum atomic E-state index is 2.40. The molecule has 10 aromatic rings. The van der Waals surface area contributed by atoms with Crippen molar-refractivity contribution in [3.05, 3.63) is 211 Å². The zero-order valence-electron chi connectivity index (χ0n) is 31.9. The van der Waals surface area contributed by atoms with Crippen molar-refractivity contribution in [2.24, 2.45) is 0 Å². The molecule has 270 valence electrons. The third-order valence-electron chi connectivity index (χ3n) is 12.0. The fraction of sp³-hybridized carbons (Fsp3) is 0.0545. The lowest BCUT2D eigenvalue weighted by Gasteiger charge is -2.27. The molecule has 0 spiro atoms. The van der Waals surface area contributed by atoms with E-state index < -0.39 is 0 Å². The Morgan fingerprint density at radius 3 is 1.79 bits per heavy atom. The first kappa shape index (κ1) is 33.6. The summed E-state index contributed by atoms with van der Waals surface area (Å²) in [7, 11) is 0. The smallest absolute Gasteiger partial charge is 0.0467 e. The van der Waals surface area contributed by atoms with Crippen LogP contribution in [0.5, 0.6) is 0 Å². The van der Waals surface area contributed by atoms with E-state index in [-0.39, 0.29) is 5.41 Å². The maximum absolute atomic E-state index is 2.40. The van der Waals surface area contributed by atoms with Crippen LogP contribution < -0.4 is 4.90 Å². The molecule has 1 nitrogen and oxygen atoms in total. The molecular formula is C55H39NS. The van der Waals surface area contributed by atoms with E-state index in [1.54, 1.807) is 0 Å². The van der Waals surface area contributed by atoms with Crippen LogP contribution >= 0.6 is 11.3 Å². The Kier molecular flexibility index (Phi) is 7.77. The summed E-state index contributed by atoms with van der Waals surface area (Å²) >= 11 is 1.87.